The van der Waals surface area contributed by atoms with Crippen molar-refractivity contribution in [1.82, 2.24) is 13.9 Å². The zero-order chi connectivity index (χ0) is 15.7. The van der Waals surface area contributed by atoms with Gasteiger partial charge in [0.15, 0.2) is 5.75 Å². The number of aromatic nitrogens is 3. The normalized spacial score (nSPS) is 12.5. The highest BCUT2D eigenvalue weighted by molar-refractivity contribution is 7.89. The monoisotopic (exact) mass is 315 g/mol. The molecule has 0 N–H and O–H groups in total. The number of pyridine rings is 1. The van der Waals surface area contributed by atoms with Gasteiger partial charge in [0, 0.05) is 17.3 Å². The van der Waals surface area contributed by atoms with Crippen LogP contribution in [-0.2, 0) is 17.1 Å². The van der Waals surface area contributed by atoms with Crippen LogP contribution in [0, 0.1) is 13.8 Å². The van der Waals surface area contributed by atoms with Crippen LogP contribution in [0.4, 0.5) is 0 Å². The quantitative estimate of drug-likeness (QED) is 0.695. The summed E-state index contributed by atoms with van der Waals surface area (Å²) in [5.74, 6) is 1.13. The fourth-order valence-electron chi connectivity index (χ4n) is 2.50. The third-order valence-corrected chi connectivity index (χ3v) is 4.90. The van der Waals surface area contributed by atoms with Gasteiger partial charge in [-0.15, -0.1) is 0 Å². The molecular formula is C16H17N3O2S. The van der Waals surface area contributed by atoms with E-state index in [-0.39, 0.29) is 0 Å². The van der Waals surface area contributed by atoms with Gasteiger partial charge in [0.25, 0.3) is 0 Å². The molecule has 0 aliphatic carbocycles. The minimum Gasteiger partial charge on any atom is -0.592 e. The van der Waals surface area contributed by atoms with Gasteiger partial charge in [-0.25, -0.2) is 4.98 Å². The molecule has 6 heteroatoms. The highest BCUT2D eigenvalue weighted by Crippen LogP contribution is 2.26. The predicted molar refractivity (Wildman–Crippen MR) is 87.2 cm³/mol. The van der Waals surface area contributed by atoms with Crippen LogP contribution in [0.1, 0.15) is 16.8 Å². The Labute approximate surface area is 132 Å². The number of para-hydroxylation sites is 2. The van der Waals surface area contributed by atoms with E-state index in [9.17, 15) is 4.55 Å². The fourth-order valence-corrected chi connectivity index (χ4v) is 3.69. The molecule has 0 bridgehead atoms. The van der Waals surface area contributed by atoms with Crippen molar-refractivity contribution in [2.24, 2.45) is 0 Å². The molecule has 0 spiro atoms. The second kappa shape index (κ2) is 5.98. The molecule has 0 aliphatic heterocycles. The van der Waals surface area contributed by atoms with Gasteiger partial charge >= 0.3 is 0 Å². The third-order valence-electron chi connectivity index (χ3n) is 3.65. The van der Waals surface area contributed by atoms with Gasteiger partial charge in [-0.05, 0) is 26.0 Å². The van der Waals surface area contributed by atoms with Crippen molar-refractivity contribution >= 4 is 22.4 Å². The molecule has 1 atom stereocenters. The van der Waals surface area contributed by atoms with E-state index in [4.69, 9.17) is 4.74 Å². The van der Waals surface area contributed by atoms with E-state index in [1.54, 1.807) is 23.6 Å². The van der Waals surface area contributed by atoms with E-state index in [1.807, 2.05) is 38.1 Å². The van der Waals surface area contributed by atoms with Crippen molar-refractivity contribution in [2.75, 3.05) is 7.11 Å². The summed E-state index contributed by atoms with van der Waals surface area (Å²) < 4.78 is 19.8. The SMILES string of the molecule is COc1c(C)cnc(C[S+]([O-])n2cnc3ccccc32)c1C. The summed E-state index contributed by atoms with van der Waals surface area (Å²) in [5.41, 5.74) is 4.38. The van der Waals surface area contributed by atoms with Gasteiger partial charge in [-0.3, -0.25) is 4.98 Å². The molecule has 5 nitrogen and oxygen atoms in total. The number of benzene rings is 1. The Morgan fingerprint density at radius 2 is 2.00 bits per heavy atom. The number of hydrogen-bond acceptors (Lipinski definition) is 4. The molecule has 3 rings (SSSR count). The molecule has 22 heavy (non-hydrogen) atoms. The summed E-state index contributed by atoms with van der Waals surface area (Å²) in [4.78, 5) is 8.69. The summed E-state index contributed by atoms with van der Waals surface area (Å²) in [5, 5.41) is 0. The minimum atomic E-state index is -1.27. The number of ether oxygens (including phenoxy) is 1. The van der Waals surface area contributed by atoms with E-state index in [0.29, 0.717) is 5.75 Å². The molecule has 1 aromatic carbocycles. The lowest BCUT2D eigenvalue weighted by Gasteiger charge is -2.14. The topological polar surface area (TPSA) is 63.0 Å². The van der Waals surface area contributed by atoms with E-state index < -0.39 is 11.4 Å². The number of hydrogen-bond donors (Lipinski definition) is 0. The summed E-state index contributed by atoms with van der Waals surface area (Å²) in [6.45, 7) is 3.89. The van der Waals surface area contributed by atoms with Crippen molar-refractivity contribution in [2.45, 2.75) is 19.6 Å². The van der Waals surface area contributed by atoms with Crippen LogP contribution in [0.3, 0.4) is 0 Å². The number of methoxy groups -OCH3 is 1. The Morgan fingerprint density at radius 1 is 1.23 bits per heavy atom. The molecule has 114 valence electrons. The van der Waals surface area contributed by atoms with Gasteiger partial charge in [-0.1, -0.05) is 12.1 Å². The standard InChI is InChI=1S/C16H17N3O2S/c1-11-8-17-14(12(2)16(11)21-3)9-22(20)19-10-18-13-6-4-5-7-15(13)19/h4-8,10H,9H2,1-3H3. The smallest absolute Gasteiger partial charge is 0.173 e. The van der Waals surface area contributed by atoms with Crippen LogP contribution < -0.4 is 4.74 Å². The van der Waals surface area contributed by atoms with Crippen LogP contribution in [0.25, 0.3) is 11.0 Å². The molecule has 2 heterocycles. The minimum absolute atomic E-state index is 0.322. The summed E-state index contributed by atoms with van der Waals surface area (Å²) in [7, 11) is 1.64. The third kappa shape index (κ3) is 2.55. The zero-order valence-electron chi connectivity index (χ0n) is 12.7. The molecule has 3 aromatic rings. The van der Waals surface area contributed by atoms with Crippen molar-refractivity contribution in [3.8, 4) is 5.75 Å². The van der Waals surface area contributed by atoms with Gasteiger partial charge in [0.05, 0.1) is 29.7 Å². The van der Waals surface area contributed by atoms with E-state index in [2.05, 4.69) is 9.97 Å². The van der Waals surface area contributed by atoms with Crippen molar-refractivity contribution in [1.29, 1.82) is 0 Å². The Kier molecular flexibility index (Phi) is 4.04. The molecule has 0 amide bonds. The highest BCUT2D eigenvalue weighted by Gasteiger charge is 2.19. The zero-order valence-corrected chi connectivity index (χ0v) is 13.6. The van der Waals surface area contributed by atoms with Gasteiger partial charge in [0.1, 0.15) is 17.6 Å². The van der Waals surface area contributed by atoms with Crippen LogP contribution in [-0.4, -0.2) is 25.6 Å². The Bertz CT molecular complexity index is 816. The summed E-state index contributed by atoms with van der Waals surface area (Å²) >= 11 is -1.27. The first-order chi connectivity index (χ1) is 10.6. The molecule has 1 unspecified atom stereocenters. The predicted octanol–water partition coefficient (Wildman–Crippen LogP) is 2.77. The number of aryl methyl sites for hydroxylation is 1. The first-order valence-electron chi connectivity index (χ1n) is 6.92. The molecule has 0 aliphatic rings. The Hall–Kier alpha value is -2.05. The molecular weight excluding hydrogens is 298 g/mol. The first-order valence-corrected chi connectivity index (χ1v) is 8.19. The van der Waals surface area contributed by atoms with Crippen molar-refractivity contribution in [3.63, 3.8) is 0 Å². The van der Waals surface area contributed by atoms with Gasteiger partial charge < -0.3 is 9.29 Å². The van der Waals surface area contributed by atoms with Crippen LogP contribution >= 0.6 is 0 Å². The second-order valence-electron chi connectivity index (χ2n) is 5.07. The Balaban J connectivity index is 1.93. The lowest BCUT2D eigenvalue weighted by Crippen LogP contribution is -2.16. The van der Waals surface area contributed by atoms with Crippen LogP contribution in [0.5, 0.6) is 5.75 Å². The number of fused-ring (bicyclic) bond motifs is 1. The summed E-state index contributed by atoms with van der Waals surface area (Å²) in [6.07, 6.45) is 3.37. The van der Waals surface area contributed by atoms with Crippen LogP contribution in [0.2, 0.25) is 0 Å². The maximum atomic E-state index is 12.7. The number of nitrogens with zero attached hydrogens (tertiary/aromatic N) is 3. The summed E-state index contributed by atoms with van der Waals surface area (Å²) in [6, 6.07) is 7.65. The van der Waals surface area contributed by atoms with Gasteiger partial charge in [-0.2, -0.15) is 3.97 Å². The number of imidazole rings is 1. The Morgan fingerprint density at radius 3 is 2.77 bits per heavy atom. The largest absolute Gasteiger partial charge is 0.592 e. The fraction of sp³-hybridized carbons (Fsp3) is 0.250. The van der Waals surface area contributed by atoms with Crippen LogP contribution in [0.15, 0.2) is 36.8 Å². The first kappa shape index (κ1) is 14.9. The second-order valence-corrected chi connectivity index (χ2v) is 6.40. The van der Waals surface area contributed by atoms with Gasteiger partial charge in [0.2, 0.25) is 0 Å². The molecule has 0 saturated carbocycles. The molecule has 0 saturated heterocycles. The van der Waals surface area contributed by atoms with E-state index in [0.717, 1.165) is 33.6 Å². The lowest BCUT2D eigenvalue weighted by atomic mass is 10.1. The van der Waals surface area contributed by atoms with E-state index in [1.165, 1.54) is 0 Å². The lowest BCUT2D eigenvalue weighted by molar-refractivity contribution is 0.407. The van der Waals surface area contributed by atoms with Crippen molar-refractivity contribution < 1.29 is 9.29 Å². The maximum Gasteiger partial charge on any atom is 0.173 e. The number of rotatable bonds is 4. The average molecular weight is 315 g/mol. The maximum absolute atomic E-state index is 12.7. The average Bonchev–Trinajstić information content (AvgIpc) is 2.95. The molecule has 2 aromatic heterocycles. The molecule has 0 radical (unpaired) electrons. The highest BCUT2D eigenvalue weighted by atomic mass is 32.2. The van der Waals surface area contributed by atoms with E-state index >= 15 is 0 Å². The van der Waals surface area contributed by atoms with Crippen molar-refractivity contribution in [3.05, 3.63) is 53.6 Å². The molecule has 0 fully saturated rings.